The molecule has 0 spiro atoms. The zero-order valence-corrected chi connectivity index (χ0v) is 9.69. The lowest BCUT2D eigenvalue weighted by Crippen LogP contribution is -1.99. The highest BCUT2D eigenvalue weighted by molar-refractivity contribution is 6.30. The van der Waals surface area contributed by atoms with E-state index in [9.17, 15) is 14.3 Å². The van der Waals surface area contributed by atoms with Crippen molar-refractivity contribution in [3.8, 4) is 0 Å². The van der Waals surface area contributed by atoms with Crippen LogP contribution in [0, 0.1) is 5.82 Å². The number of carbonyl (C=O) groups is 1. The fraction of sp³-hybridized carbons (Fsp3) is 0.0833. The molecule has 0 radical (unpaired) electrons. The molecular weight excluding hydrogens is 263 g/mol. The fourth-order valence-electron chi connectivity index (χ4n) is 1.46. The summed E-state index contributed by atoms with van der Waals surface area (Å²) in [5, 5.41) is 18.5. The van der Waals surface area contributed by atoms with Crippen molar-refractivity contribution in [3.05, 3.63) is 58.3 Å². The van der Waals surface area contributed by atoms with E-state index >= 15 is 0 Å². The number of carboxylic acids is 1. The Balaban J connectivity index is 2.31. The second kappa shape index (κ2) is 4.80. The zero-order valence-electron chi connectivity index (χ0n) is 8.93. The first-order valence-corrected chi connectivity index (χ1v) is 5.33. The van der Waals surface area contributed by atoms with E-state index in [4.69, 9.17) is 21.1 Å². The van der Waals surface area contributed by atoms with Crippen molar-refractivity contribution in [1.29, 1.82) is 0 Å². The Labute approximate surface area is 106 Å². The van der Waals surface area contributed by atoms with Crippen LogP contribution in [0.2, 0.25) is 5.02 Å². The molecule has 0 amide bonds. The number of aromatic carboxylic acids is 1. The quantitative estimate of drug-likeness (QED) is 0.900. The minimum atomic E-state index is -1.25. The van der Waals surface area contributed by atoms with E-state index in [-0.39, 0.29) is 22.1 Å². The molecule has 1 atom stereocenters. The molecule has 0 aliphatic heterocycles. The Morgan fingerprint density at radius 3 is 2.61 bits per heavy atom. The van der Waals surface area contributed by atoms with E-state index < -0.39 is 17.9 Å². The van der Waals surface area contributed by atoms with Crippen LogP contribution in [0.3, 0.4) is 0 Å². The summed E-state index contributed by atoms with van der Waals surface area (Å²) in [6.45, 7) is 0. The molecule has 0 saturated heterocycles. The molecular formula is C12H8ClFO4. The number of halogens is 2. The van der Waals surface area contributed by atoms with E-state index in [1.54, 1.807) is 0 Å². The number of aliphatic hydroxyl groups is 1. The molecule has 2 aromatic rings. The number of rotatable bonds is 3. The highest BCUT2D eigenvalue weighted by Crippen LogP contribution is 2.26. The zero-order chi connectivity index (χ0) is 13.3. The highest BCUT2D eigenvalue weighted by Gasteiger charge is 2.18. The average Bonchev–Trinajstić information content (AvgIpc) is 2.81. The smallest absolute Gasteiger partial charge is 0.371 e. The Bertz CT molecular complexity index is 594. The summed E-state index contributed by atoms with van der Waals surface area (Å²) in [5.74, 6) is -2.18. The lowest BCUT2D eigenvalue weighted by Gasteiger charge is -2.08. The summed E-state index contributed by atoms with van der Waals surface area (Å²) in [5.41, 5.74) is 0.225. The Hall–Kier alpha value is -1.85. The van der Waals surface area contributed by atoms with Gasteiger partial charge in [-0.05, 0) is 29.8 Å². The normalized spacial score (nSPS) is 12.4. The first kappa shape index (κ1) is 12.6. The minimum Gasteiger partial charge on any atom is -0.475 e. The van der Waals surface area contributed by atoms with Gasteiger partial charge in [-0.25, -0.2) is 9.18 Å². The topological polar surface area (TPSA) is 70.7 Å². The van der Waals surface area contributed by atoms with Crippen molar-refractivity contribution < 1.29 is 23.8 Å². The number of aliphatic hydroxyl groups excluding tert-OH is 1. The van der Waals surface area contributed by atoms with Crippen molar-refractivity contribution in [2.24, 2.45) is 0 Å². The van der Waals surface area contributed by atoms with Crippen LogP contribution in [0.4, 0.5) is 4.39 Å². The van der Waals surface area contributed by atoms with Crippen LogP contribution in [0.1, 0.15) is 28.0 Å². The Kier molecular flexibility index (Phi) is 3.36. The van der Waals surface area contributed by atoms with Crippen LogP contribution in [0.25, 0.3) is 0 Å². The van der Waals surface area contributed by atoms with Gasteiger partial charge in [-0.3, -0.25) is 0 Å². The molecule has 2 rings (SSSR count). The molecule has 18 heavy (non-hydrogen) atoms. The van der Waals surface area contributed by atoms with E-state index in [0.29, 0.717) is 0 Å². The third-order valence-corrected chi connectivity index (χ3v) is 2.67. The van der Waals surface area contributed by atoms with Crippen LogP contribution in [-0.2, 0) is 0 Å². The third-order valence-electron chi connectivity index (χ3n) is 2.37. The van der Waals surface area contributed by atoms with Crippen LogP contribution in [0.5, 0.6) is 0 Å². The largest absolute Gasteiger partial charge is 0.475 e. The second-order valence-electron chi connectivity index (χ2n) is 3.58. The molecule has 6 heteroatoms. The van der Waals surface area contributed by atoms with Gasteiger partial charge < -0.3 is 14.6 Å². The van der Waals surface area contributed by atoms with Gasteiger partial charge in [0.25, 0.3) is 0 Å². The predicted octanol–water partition coefficient (Wildman–Crippen LogP) is 2.85. The maximum absolute atomic E-state index is 13.2. The summed E-state index contributed by atoms with van der Waals surface area (Å²) < 4.78 is 18.1. The molecule has 94 valence electrons. The van der Waals surface area contributed by atoms with Crippen molar-refractivity contribution in [3.63, 3.8) is 0 Å². The monoisotopic (exact) mass is 270 g/mol. The van der Waals surface area contributed by atoms with E-state index in [1.807, 2.05) is 0 Å². The number of furan rings is 1. The van der Waals surface area contributed by atoms with Gasteiger partial charge in [-0.1, -0.05) is 17.7 Å². The number of hydrogen-bond acceptors (Lipinski definition) is 3. The van der Waals surface area contributed by atoms with E-state index in [2.05, 4.69) is 0 Å². The number of carboxylic acid groups (broad SMARTS) is 1. The van der Waals surface area contributed by atoms with Gasteiger partial charge in [0, 0.05) is 0 Å². The molecule has 0 bridgehead atoms. The molecule has 0 saturated carbocycles. The van der Waals surface area contributed by atoms with Gasteiger partial charge in [0.2, 0.25) is 5.76 Å². The fourth-order valence-corrected chi connectivity index (χ4v) is 1.58. The first-order chi connectivity index (χ1) is 8.49. The molecule has 0 aliphatic rings. The van der Waals surface area contributed by atoms with Gasteiger partial charge in [-0.15, -0.1) is 0 Å². The number of benzene rings is 1. The first-order valence-electron chi connectivity index (χ1n) is 4.95. The summed E-state index contributed by atoms with van der Waals surface area (Å²) in [7, 11) is 0. The van der Waals surface area contributed by atoms with Crippen LogP contribution in [0.15, 0.2) is 34.7 Å². The van der Waals surface area contributed by atoms with Gasteiger partial charge >= 0.3 is 5.97 Å². The standard InChI is InChI=1S/C12H8ClFO4/c13-7-2-1-6(5-8(7)14)11(15)9-3-4-10(18-9)12(16)17/h1-5,11,15H,(H,16,17). The summed E-state index contributed by atoms with van der Waals surface area (Å²) in [6, 6.07) is 6.33. The maximum atomic E-state index is 13.2. The maximum Gasteiger partial charge on any atom is 0.371 e. The highest BCUT2D eigenvalue weighted by atomic mass is 35.5. The van der Waals surface area contributed by atoms with Gasteiger partial charge in [0.15, 0.2) is 0 Å². The van der Waals surface area contributed by atoms with Crippen LogP contribution in [-0.4, -0.2) is 16.2 Å². The predicted molar refractivity (Wildman–Crippen MR) is 61.1 cm³/mol. The molecule has 2 N–H and O–H groups in total. The summed E-state index contributed by atoms with van der Waals surface area (Å²) in [4.78, 5) is 10.6. The van der Waals surface area contributed by atoms with Gasteiger partial charge in [-0.2, -0.15) is 0 Å². The molecule has 1 heterocycles. The molecule has 1 unspecified atom stereocenters. The Morgan fingerprint density at radius 1 is 1.33 bits per heavy atom. The molecule has 1 aromatic heterocycles. The molecule has 0 aliphatic carbocycles. The van der Waals surface area contributed by atoms with Gasteiger partial charge in [0.1, 0.15) is 17.7 Å². The summed E-state index contributed by atoms with van der Waals surface area (Å²) >= 11 is 5.52. The molecule has 0 fully saturated rings. The van der Waals surface area contributed by atoms with Crippen LogP contribution >= 0.6 is 11.6 Å². The average molecular weight is 271 g/mol. The third kappa shape index (κ3) is 2.37. The van der Waals surface area contributed by atoms with Gasteiger partial charge in [0.05, 0.1) is 5.02 Å². The van der Waals surface area contributed by atoms with Crippen molar-refractivity contribution >= 4 is 17.6 Å². The number of hydrogen-bond donors (Lipinski definition) is 2. The lowest BCUT2D eigenvalue weighted by molar-refractivity contribution is 0.0655. The second-order valence-corrected chi connectivity index (χ2v) is 3.99. The van der Waals surface area contributed by atoms with Crippen molar-refractivity contribution in [2.45, 2.75) is 6.10 Å². The van der Waals surface area contributed by atoms with Crippen molar-refractivity contribution in [2.75, 3.05) is 0 Å². The summed E-state index contributed by atoms with van der Waals surface area (Å²) in [6.07, 6.45) is -1.25. The Morgan fingerprint density at radius 2 is 2.06 bits per heavy atom. The van der Waals surface area contributed by atoms with E-state index in [1.165, 1.54) is 24.3 Å². The van der Waals surface area contributed by atoms with Crippen LogP contribution < -0.4 is 0 Å². The SMILES string of the molecule is O=C(O)c1ccc(C(O)c2ccc(Cl)c(F)c2)o1. The minimum absolute atomic E-state index is 0.0223. The molecule has 4 nitrogen and oxygen atoms in total. The molecule has 1 aromatic carbocycles. The van der Waals surface area contributed by atoms with E-state index in [0.717, 1.165) is 6.07 Å². The van der Waals surface area contributed by atoms with Crippen molar-refractivity contribution in [1.82, 2.24) is 0 Å². The lowest BCUT2D eigenvalue weighted by atomic mass is 10.1.